The van der Waals surface area contributed by atoms with Gasteiger partial charge in [-0.25, -0.2) is 4.98 Å². The lowest BCUT2D eigenvalue weighted by molar-refractivity contribution is 0.138. The summed E-state index contributed by atoms with van der Waals surface area (Å²) in [6, 6.07) is 9.01. The van der Waals surface area contributed by atoms with Crippen LogP contribution in [0.2, 0.25) is 5.02 Å². The monoisotopic (exact) mass is 534 g/mol. The molecule has 8 nitrogen and oxygen atoms in total. The van der Waals surface area contributed by atoms with E-state index in [2.05, 4.69) is 79.2 Å². The molecule has 0 saturated carbocycles. The van der Waals surface area contributed by atoms with Gasteiger partial charge in [0.1, 0.15) is 13.9 Å². The standard InChI is InChI=1S/C27H33BClFN8/c1-25(2,3)15-34-23-16(11-31)12-33-24-19(23)9-18(10-20(24)29)35-27(28,17-7-8-22(30)32-13-17)21-14-38(37-36-21)26(4,5)6/h7-10,12-14,35-37H,15,28H2,1-6H3,(H,33,34). The van der Waals surface area contributed by atoms with E-state index in [0.29, 0.717) is 34.0 Å². The van der Waals surface area contributed by atoms with Crippen molar-refractivity contribution >= 4 is 41.7 Å². The summed E-state index contributed by atoms with van der Waals surface area (Å²) in [5.41, 5.74) is 9.32. The zero-order valence-corrected chi connectivity index (χ0v) is 23.5. The van der Waals surface area contributed by atoms with Crippen LogP contribution in [0.4, 0.5) is 15.8 Å². The molecule has 0 amide bonds. The van der Waals surface area contributed by atoms with Crippen LogP contribution < -0.4 is 21.6 Å². The Morgan fingerprint density at radius 1 is 1.13 bits per heavy atom. The average molecular weight is 535 g/mol. The van der Waals surface area contributed by atoms with E-state index < -0.39 is 11.4 Å². The normalized spacial score (nSPS) is 15.4. The molecule has 1 aliphatic rings. The topological polar surface area (TPSA) is 101 Å². The highest BCUT2D eigenvalue weighted by molar-refractivity contribution is 6.36. The van der Waals surface area contributed by atoms with Crippen molar-refractivity contribution in [3.8, 4) is 6.07 Å². The number of fused-ring (bicyclic) bond motifs is 1. The maximum absolute atomic E-state index is 13.8. The van der Waals surface area contributed by atoms with E-state index in [-0.39, 0.29) is 11.0 Å². The highest BCUT2D eigenvalue weighted by Crippen LogP contribution is 2.37. The number of hydrogen-bond acceptors (Lipinski definition) is 8. The quantitative estimate of drug-likeness (QED) is 0.269. The number of benzene rings is 1. The third-order valence-corrected chi connectivity index (χ3v) is 6.66. The SMILES string of the molecule is BC(Nc1cc(Cl)c2ncc(C#N)c(NCC(C)(C)C)c2c1)(C1=CN(C(C)(C)C)NN1)c1ccc(F)nc1. The summed E-state index contributed by atoms with van der Waals surface area (Å²) in [5, 5.41) is 20.0. The second-order valence-electron chi connectivity index (χ2n) is 11.9. The molecule has 4 N–H and O–H groups in total. The average Bonchev–Trinajstić information content (AvgIpc) is 3.34. The Balaban J connectivity index is 1.84. The Morgan fingerprint density at radius 2 is 1.87 bits per heavy atom. The zero-order chi connectivity index (χ0) is 27.9. The van der Waals surface area contributed by atoms with E-state index in [1.807, 2.05) is 25.1 Å². The molecule has 0 bridgehead atoms. The molecular weight excluding hydrogens is 502 g/mol. The van der Waals surface area contributed by atoms with Crippen molar-refractivity contribution in [3.63, 3.8) is 0 Å². The summed E-state index contributed by atoms with van der Waals surface area (Å²) >= 11 is 6.73. The van der Waals surface area contributed by atoms with Gasteiger partial charge in [-0.15, -0.1) is 5.53 Å². The van der Waals surface area contributed by atoms with Gasteiger partial charge in [0.2, 0.25) is 5.95 Å². The summed E-state index contributed by atoms with van der Waals surface area (Å²) in [6.07, 6.45) is 5.03. The molecule has 38 heavy (non-hydrogen) atoms. The van der Waals surface area contributed by atoms with E-state index in [1.165, 1.54) is 12.3 Å². The lowest BCUT2D eigenvalue weighted by Crippen LogP contribution is -2.49. The first-order valence-corrected chi connectivity index (χ1v) is 12.8. The molecule has 0 fully saturated rings. The Hall–Kier alpha value is -3.55. The third kappa shape index (κ3) is 5.64. The van der Waals surface area contributed by atoms with E-state index in [4.69, 9.17) is 11.6 Å². The predicted molar refractivity (Wildman–Crippen MR) is 153 cm³/mol. The van der Waals surface area contributed by atoms with E-state index in [9.17, 15) is 9.65 Å². The number of hydrogen-bond donors (Lipinski definition) is 4. The third-order valence-electron chi connectivity index (χ3n) is 6.37. The van der Waals surface area contributed by atoms with Crippen LogP contribution in [-0.2, 0) is 5.44 Å². The van der Waals surface area contributed by atoms with Crippen LogP contribution in [-0.4, -0.2) is 34.9 Å². The van der Waals surface area contributed by atoms with E-state index in [1.54, 1.807) is 18.3 Å². The number of anilines is 2. The van der Waals surface area contributed by atoms with Crippen molar-refractivity contribution in [2.45, 2.75) is 52.5 Å². The van der Waals surface area contributed by atoms with E-state index >= 15 is 0 Å². The van der Waals surface area contributed by atoms with Crippen molar-refractivity contribution in [1.82, 2.24) is 25.9 Å². The van der Waals surface area contributed by atoms with Gasteiger partial charge in [0, 0.05) is 41.8 Å². The van der Waals surface area contributed by atoms with Crippen LogP contribution in [0.25, 0.3) is 10.9 Å². The highest BCUT2D eigenvalue weighted by atomic mass is 35.5. The first-order chi connectivity index (χ1) is 17.7. The van der Waals surface area contributed by atoms with Crippen LogP contribution >= 0.6 is 11.6 Å². The van der Waals surface area contributed by atoms with Gasteiger partial charge in [-0.3, -0.25) is 9.99 Å². The first kappa shape index (κ1) is 27.5. The summed E-state index contributed by atoms with van der Waals surface area (Å²) in [4.78, 5) is 8.36. The molecule has 1 unspecified atom stereocenters. The minimum atomic E-state index is -0.857. The summed E-state index contributed by atoms with van der Waals surface area (Å²) < 4.78 is 13.8. The van der Waals surface area contributed by atoms with Gasteiger partial charge in [-0.2, -0.15) is 9.65 Å². The first-order valence-electron chi connectivity index (χ1n) is 12.4. The molecule has 198 valence electrons. The number of rotatable bonds is 6. The predicted octanol–water partition coefficient (Wildman–Crippen LogP) is 4.61. The van der Waals surface area contributed by atoms with Gasteiger partial charge in [0.05, 0.1) is 32.9 Å². The van der Waals surface area contributed by atoms with Gasteiger partial charge in [0.15, 0.2) is 0 Å². The molecule has 2 aromatic heterocycles. The minimum absolute atomic E-state index is 0.0112. The number of halogens is 2. The molecule has 1 aliphatic heterocycles. The molecule has 0 radical (unpaired) electrons. The van der Waals surface area contributed by atoms with Crippen LogP contribution in [0.5, 0.6) is 0 Å². The van der Waals surface area contributed by atoms with Crippen LogP contribution in [0.1, 0.15) is 52.7 Å². The molecule has 1 atom stereocenters. The number of nitriles is 1. The molecular formula is C27H33BClFN8. The van der Waals surface area contributed by atoms with Crippen molar-refractivity contribution in [2.75, 3.05) is 17.2 Å². The lowest BCUT2D eigenvalue weighted by Gasteiger charge is -2.33. The molecule has 0 aliphatic carbocycles. The number of aromatic nitrogens is 2. The Kier molecular flexibility index (Phi) is 7.21. The van der Waals surface area contributed by atoms with Gasteiger partial charge in [-0.1, -0.05) is 38.4 Å². The van der Waals surface area contributed by atoms with Crippen molar-refractivity contribution in [3.05, 3.63) is 70.7 Å². The van der Waals surface area contributed by atoms with Crippen LogP contribution in [0.15, 0.2) is 48.6 Å². The highest BCUT2D eigenvalue weighted by Gasteiger charge is 2.37. The molecule has 4 rings (SSSR count). The number of nitrogens with zero attached hydrogens (tertiary/aromatic N) is 4. The number of nitrogens with one attached hydrogen (secondary N) is 4. The van der Waals surface area contributed by atoms with Crippen LogP contribution in [0.3, 0.4) is 0 Å². The number of pyridine rings is 2. The molecule has 0 saturated heterocycles. The summed E-state index contributed by atoms with van der Waals surface area (Å²) in [7, 11) is 1.98. The summed E-state index contributed by atoms with van der Waals surface area (Å²) in [6.45, 7) is 13.3. The zero-order valence-electron chi connectivity index (χ0n) is 22.8. The fourth-order valence-corrected chi connectivity index (χ4v) is 4.41. The Morgan fingerprint density at radius 3 is 2.45 bits per heavy atom. The van der Waals surface area contributed by atoms with Crippen molar-refractivity contribution in [2.24, 2.45) is 5.41 Å². The second-order valence-corrected chi connectivity index (χ2v) is 12.3. The summed E-state index contributed by atoms with van der Waals surface area (Å²) in [5.74, 6) is -0.558. The van der Waals surface area contributed by atoms with Crippen LogP contribution in [0, 0.1) is 22.7 Å². The van der Waals surface area contributed by atoms with Crippen molar-refractivity contribution < 1.29 is 4.39 Å². The second kappa shape index (κ2) is 9.97. The van der Waals surface area contributed by atoms with Crippen molar-refractivity contribution in [1.29, 1.82) is 5.26 Å². The van der Waals surface area contributed by atoms with Gasteiger partial charge < -0.3 is 16.1 Å². The Bertz CT molecular complexity index is 1420. The molecule has 11 heteroatoms. The fourth-order valence-electron chi connectivity index (χ4n) is 4.15. The molecule has 3 heterocycles. The maximum atomic E-state index is 13.8. The lowest BCUT2D eigenvalue weighted by atomic mass is 9.70. The minimum Gasteiger partial charge on any atom is -0.383 e. The maximum Gasteiger partial charge on any atom is 0.212 e. The smallest absolute Gasteiger partial charge is 0.212 e. The fraction of sp³-hybridized carbons (Fsp3) is 0.370. The molecule has 3 aromatic rings. The van der Waals surface area contributed by atoms with Gasteiger partial charge >= 0.3 is 0 Å². The van der Waals surface area contributed by atoms with Gasteiger partial charge in [-0.05, 0) is 49.9 Å². The number of hydrazine groups is 2. The van der Waals surface area contributed by atoms with Gasteiger partial charge in [0.25, 0.3) is 0 Å². The molecule has 0 spiro atoms. The molecule has 1 aromatic carbocycles. The van der Waals surface area contributed by atoms with E-state index in [0.717, 1.165) is 16.6 Å². The Labute approximate surface area is 229 Å². The largest absolute Gasteiger partial charge is 0.383 e.